The number of nitrogens with one attached hydrogen (secondary N) is 2. The van der Waals surface area contributed by atoms with E-state index in [2.05, 4.69) is 20.6 Å². The van der Waals surface area contributed by atoms with Crippen LogP contribution in [0.25, 0.3) is 0 Å². The molecule has 1 aromatic carbocycles. The molecule has 0 radical (unpaired) electrons. The van der Waals surface area contributed by atoms with E-state index < -0.39 is 0 Å². The third-order valence-corrected chi connectivity index (χ3v) is 3.26. The number of ether oxygens (including phenoxy) is 2. The summed E-state index contributed by atoms with van der Waals surface area (Å²) >= 11 is 0. The number of benzene rings is 1. The molecule has 0 spiro atoms. The summed E-state index contributed by atoms with van der Waals surface area (Å²) in [5.74, 6) is 2.09. The van der Waals surface area contributed by atoms with Gasteiger partial charge in [0, 0.05) is 24.4 Å². The van der Waals surface area contributed by atoms with Crippen LogP contribution in [0.1, 0.15) is 29.7 Å². The molecule has 0 fully saturated rings. The van der Waals surface area contributed by atoms with Crippen LogP contribution in [0.15, 0.2) is 24.3 Å². The Morgan fingerprint density at radius 3 is 2.54 bits per heavy atom. The largest absolute Gasteiger partial charge is 0.493 e. The van der Waals surface area contributed by atoms with Crippen molar-refractivity contribution in [3.8, 4) is 11.5 Å². The number of hydrogen-bond acceptors (Lipinski definition) is 6. The second-order valence-corrected chi connectivity index (χ2v) is 5.14. The van der Waals surface area contributed by atoms with E-state index in [0.717, 1.165) is 12.1 Å². The first-order chi connectivity index (χ1) is 11.6. The van der Waals surface area contributed by atoms with Gasteiger partial charge in [-0.2, -0.15) is 0 Å². The number of aromatic nitrogens is 2. The zero-order valence-electron chi connectivity index (χ0n) is 14.3. The minimum Gasteiger partial charge on any atom is -0.493 e. The van der Waals surface area contributed by atoms with Gasteiger partial charge in [0.25, 0.3) is 5.91 Å². The van der Waals surface area contributed by atoms with Gasteiger partial charge in [-0.05, 0) is 25.5 Å². The number of methoxy groups -OCH3 is 2. The fourth-order valence-corrected chi connectivity index (χ4v) is 2.14. The molecule has 0 saturated carbocycles. The van der Waals surface area contributed by atoms with Crippen molar-refractivity contribution in [1.29, 1.82) is 0 Å². The number of rotatable bonds is 7. The molecular weight excluding hydrogens is 308 g/mol. The van der Waals surface area contributed by atoms with Crippen LogP contribution in [0.5, 0.6) is 11.5 Å². The van der Waals surface area contributed by atoms with Crippen molar-refractivity contribution in [3.05, 3.63) is 35.8 Å². The first-order valence-corrected chi connectivity index (χ1v) is 7.70. The van der Waals surface area contributed by atoms with Gasteiger partial charge in [0.05, 0.1) is 14.2 Å². The van der Waals surface area contributed by atoms with Crippen LogP contribution in [0.4, 0.5) is 11.5 Å². The normalized spacial score (nSPS) is 10.2. The molecule has 1 amide bonds. The summed E-state index contributed by atoms with van der Waals surface area (Å²) in [5, 5.41) is 5.96. The standard InChI is InChI=1S/C17H22N4O3/c1-5-8-18-17(22)13-10-16(20-11(2)19-13)21-12-6-7-14(23-3)15(9-12)24-4/h6-7,9-10H,5,8H2,1-4H3,(H,18,22)(H,19,20,21). The van der Waals surface area contributed by atoms with Gasteiger partial charge < -0.3 is 20.1 Å². The molecule has 0 saturated heterocycles. The van der Waals surface area contributed by atoms with E-state index in [0.29, 0.717) is 35.4 Å². The maximum Gasteiger partial charge on any atom is 0.270 e. The van der Waals surface area contributed by atoms with Crippen molar-refractivity contribution in [2.24, 2.45) is 0 Å². The van der Waals surface area contributed by atoms with Gasteiger partial charge in [-0.3, -0.25) is 4.79 Å². The smallest absolute Gasteiger partial charge is 0.270 e. The van der Waals surface area contributed by atoms with E-state index in [4.69, 9.17) is 9.47 Å². The summed E-state index contributed by atoms with van der Waals surface area (Å²) < 4.78 is 10.5. The summed E-state index contributed by atoms with van der Waals surface area (Å²) in [4.78, 5) is 20.6. The Balaban J connectivity index is 2.23. The summed E-state index contributed by atoms with van der Waals surface area (Å²) in [7, 11) is 3.16. The highest BCUT2D eigenvalue weighted by Gasteiger charge is 2.11. The number of carbonyl (C=O) groups excluding carboxylic acids is 1. The van der Waals surface area contributed by atoms with E-state index >= 15 is 0 Å². The van der Waals surface area contributed by atoms with E-state index in [9.17, 15) is 4.79 Å². The van der Waals surface area contributed by atoms with Gasteiger partial charge in [0.15, 0.2) is 11.5 Å². The van der Waals surface area contributed by atoms with E-state index in [1.165, 1.54) is 0 Å². The van der Waals surface area contributed by atoms with Crippen LogP contribution < -0.4 is 20.1 Å². The average molecular weight is 330 g/mol. The van der Waals surface area contributed by atoms with Gasteiger partial charge in [0.2, 0.25) is 0 Å². The second kappa shape index (κ2) is 8.14. The SMILES string of the molecule is CCCNC(=O)c1cc(Nc2ccc(OC)c(OC)c2)nc(C)n1. The van der Waals surface area contributed by atoms with E-state index in [-0.39, 0.29) is 5.91 Å². The Morgan fingerprint density at radius 2 is 1.88 bits per heavy atom. The Kier molecular flexibility index (Phi) is 5.95. The lowest BCUT2D eigenvalue weighted by Crippen LogP contribution is -2.25. The average Bonchev–Trinajstić information content (AvgIpc) is 2.58. The zero-order chi connectivity index (χ0) is 17.5. The lowest BCUT2D eigenvalue weighted by molar-refractivity contribution is 0.0948. The lowest BCUT2D eigenvalue weighted by atomic mass is 10.2. The van der Waals surface area contributed by atoms with E-state index in [1.54, 1.807) is 39.3 Å². The number of hydrogen-bond donors (Lipinski definition) is 2. The third-order valence-electron chi connectivity index (χ3n) is 3.26. The number of aryl methyl sites for hydroxylation is 1. The number of amides is 1. The monoisotopic (exact) mass is 330 g/mol. The molecule has 0 aliphatic rings. The minimum absolute atomic E-state index is 0.210. The van der Waals surface area contributed by atoms with Gasteiger partial charge in [-0.25, -0.2) is 9.97 Å². The van der Waals surface area contributed by atoms with Crippen LogP contribution in [0, 0.1) is 6.92 Å². The molecule has 0 atom stereocenters. The Hall–Kier alpha value is -2.83. The molecule has 1 aromatic heterocycles. The molecule has 128 valence electrons. The number of nitrogens with zero attached hydrogens (tertiary/aromatic N) is 2. The van der Waals surface area contributed by atoms with Crippen molar-refractivity contribution >= 4 is 17.4 Å². The van der Waals surface area contributed by atoms with Crippen LogP contribution in [-0.2, 0) is 0 Å². The van der Waals surface area contributed by atoms with Crippen molar-refractivity contribution in [1.82, 2.24) is 15.3 Å². The summed E-state index contributed by atoms with van der Waals surface area (Å²) in [5.41, 5.74) is 1.10. The highest BCUT2D eigenvalue weighted by Crippen LogP contribution is 2.30. The van der Waals surface area contributed by atoms with Gasteiger partial charge >= 0.3 is 0 Å². The number of anilines is 2. The van der Waals surface area contributed by atoms with Gasteiger partial charge in [-0.15, -0.1) is 0 Å². The second-order valence-electron chi connectivity index (χ2n) is 5.14. The molecule has 0 aliphatic heterocycles. The predicted molar refractivity (Wildman–Crippen MR) is 92.2 cm³/mol. The third kappa shape index (κ3) is 4.34. The number of carbonyl (C=O) groups is 1. The van der Waals surface area contributed by atoms with Crippen LogP contribution in [0.3, 0.4) is 0 Å². The lowest BCUT2D eigenvalue weighted by Gasteiger charge is -2.12. The Bertz CT molecular complexity index is 719. The molecule has 2 rings (SSSR count). The fraction of sp³-hybridized carbons (Fsp3) is 0.353. The highest BCUT2D eigenvalue weighted by atomic mass is 16.5. The quantitative estimate of drug-likeness (QED) is 0.812. The molecule has 2 aromatic rings. The van der Waals surface area contributed by atoms with Crippen LogP contribution >= 0.6 is 0 Å². The molecular formula is C17H22N4O3. The summed E-state index contributed by atoms with van der Waals surface area (Å²) in [6.45, 7) is 4.35. The van der Waals surface area contributed by atoms with Gasteiger partial charge in [0.1, 0.15) is 17.3 Å². The van der Waals surface area contributed by atoms with Crippen molar-refractivity contribution in [2.75, 3.05) is 26.1 Å². The first-order valence-electron chi connectivity index (χ1n) is 7.70. The van der Waals surface area contributed by atoms with Crippen LogP contribution in [0.2, 0.25) is 0 Å². The van der Waals surface area contributed by atoms with Crippen molar-refractivity contribution in [3.63, 3.8) is 0 Å². The van der Waals surface area contributed by atoms with Crippen molar-refractivity contribution < 1.29 is 14.3 Å². The van der Waals surface area contributed by atoms with Gasteiger partial charge in [-0.1, -0.05) is 6.92 Å². The molecule has 0 aliphatic carbocycles. The first kappa shape index (κ1) is 17.5. The fourth-order valence-electron chi connectivity index (χ4n) is 2.14. The summed E-state index contributed by atoms with van der Waals surface area (Å²) in [6, 6.07) is 7.06. The molecule has 7 nitrogen and oxygen atoms in total. The zero-order valence-corrected chi connectivity index (χ0v) is 14.3. The molecule has 2 N–H and O–H groups in total. The molecule has 1 heterocycles. The summed E-state index contributed by atoms with van der Waals surface area (Å²) in [6.07, 6.45) is 0.868. The Morgan fingerprint density at radius 1 is 1.12 bits per heavy atom. The molecule has 7 heteroatoms. The molecule has 0 bridgehead atoms. The predicted octanol–water partition coefficient (Wildman–Crippen LogP) is 2.69. The highest BCUT2D eigenvalue weighted by molar-refractivity contribution is 5.93. The minimum atomic E-state index is -0.210. The maximum atomic E-state index is 12.1. The molecule has 0 unspecified atom stereocenters. The van der Waals surface area contributed by atoms with E-state index in [1.807, 2.05) is 13.0 Å². The Labute approximate surface area is 141 Å². The van der Waals surface area contributed by atoms with Crippen molar-refractivity contribution in [2.45, 2.75) is 20.3 Å². The maximum absolute atomic E-state index is 12.1. The van der Waals surface area contributed by atoms with Crippen LogP contribution in [-0.4, -0.2) is 36.6 Å². The molecule has 24 heavy (non-hydrogen) atoms. The topological polar surface area (TPSA) is 85.4 Å².